The van der Waals surface area contributed by atoms with Gasteiger partial charge in [-0.3, -0.25) is 9.59 Å². The summed E-state index contributed by atoms with van der Waals surface area (Å²) in [5.41, 5.74) is 1.02. The fraction of sp³-hybridized carbons (Fsp3) is 0.286. The van der Waals surface area contributed by atoms with Crippen molar-refractivity contribution in [1.82, 2.24) is 4.57 Å². The van der Waals surface area contributed by atoms with Crippen LogP contribution in [0.15, 0.2) is 41.4 Å². The zero-order valence-electron chi connectivity index (χ0n) is 17.1. The number of hydrogen-bond donors (Lipinski definition) is 0. The Morgan fingerprint density at radius 1 is 1.03 bits per heavy atom. The molecule has 3 aromatic rings. The van der Waals surface area contributed by atoms with Gasteiger partial charge in [0.2, 0.25) is 0 Å². The predicted molar refractivity (Wildman–Crippen MR) is 112 cm³/mol. The number of carbonyl (C=O) groups is 2. The molecule has 0 unspecified atom stereocenters. The average Bonchev–Trinajstić information content (AvgIpc) is 3.10. The number of nitrogens with zero attached hydrogens (tertiary/aromatic N) is 2. The molecule has 0 aliphatic carbocycles. The molecule has 0 fully saturated rings. The summed E-state index contributed by atoms with van der Waals surface area (Å²) in [5, 5.41) is 0. The highest BCUT2D eigenvalue weighted by atomic mass is 32.1. The molecular weight excluding hydrogens is 408 g/mol. The molecule has 0 saturated carbocycles. The summed E-state index contributed by atoms with van der Waals surface area (Å²) < 4.78 is 23.5. The van der Waals surface area contributed by atoms with Gasteiger partial charge in [-0.05, 0) is 37.3 Å². The Balaban J connectivity index is 2.15. The molecule has 0 aliphatic heterocycles. The van der Waals surface area contributed by atoms with Gasteiger partial charge in [0.15, 0.2) is 16.3 Å². The minimum Gasteiger partial charge on any atom is -0.493 e. The van der Waals surface area contributed by atoms with Gasteiger partial charge in [0.25, 0.3) is 5.91 Å². The van der Waals surface area contributed by atoms with Crippen LogP contribution in [0.2, 0.25) is 0 Å². The lowest BCUT2D eigenvalue weighted by molar-refractivity contribution is -0.141. The summed E-state index contributed by atoms with van der Waals surface area (Å²) in [6.45, 7) is 2.24. The zero-order valence-corrected chi connectivity index (χ0v) is 17.9. The van der Waals surface area contributed by atoms with Gasteiger partial charge in [0, 0.05) is 5.56 Å². The molecule has 1 amide bonds. The van der Waals surface area contributed by atoms with Gasteiger partial charge in [0.1, 0.15) is 17.8 Å². The molecule has 0 atom stereocenters. The monoisotopic (exact) mass is 430 g/mol. The molecule has 30 heavy (non-hydrogen) atoms. The third-order valence-electron chi connectivity index (χ3n) is 4.31. The van der Waals surface area contributed by atoms with Crippen LogP contribution in [0.5, 0.6) is 17.2 Å². The predicted octanol–water partition coefficient (Wildman–Crippen LogP) is 3.03. The lowest BCUT2D eigenvalue weighted by Gasteiger charge is -2.09. The number of fused-ring (bicyclic) bond motifs is 1. The highest BCUT2D eigenvalue weighted by molar-refractivity contribution is 7.16. The van der Waals surface area contributed by atoms with Gasteiger partial charge < -0.3 is 23.5 Å². The minimum absolute atomic E-state index is 0.0986. The SMILES string of the molecule is CCOc1cccc2sc(=NC(=O)c3ccc(OC)c(OC)c3)n(CC(=O)OC)c12. The highest BCUT2D eigenvalue weighted by Crippen LogP contribution is 2.29. The fourth-order valence-electron chi connectivity index (χ4n) is 2.92. The lowest BCUT2D eigenvalue weighted by atomic mass is 10.2. The zero-order chi connectivity index (χ0) is 21.7. The number of carbonyl (C=O) groups excluding carboxylic acids is 2. The second-order valence-electron chi connectivity index (χ2n) is 6.07. The van der Waals surface area contributed by atoms with Gasteiger partial charge in [-0.1, -0.05) is 17.4 Å². The van der Waals surface area contributed by atoms with Crippen LogP contribution in [-0.2, 0) is 16.1 Å². The van der Waals surface area contributed by atoms with E-state index in [1.165, 1.54) is 32.7 Å². The van der Waals surface area contributed by atoms with Crippen molar-refractivity contribution in [3.8, 4) is 17.2 Å². The Kier molecular flexibility index (Phi) is 6.73. The van der Waals surface area contributed by atoms with Crippen LogP contribution in [0.1, 0.15) is 17.3 Å². The second-order valence-corrected chi connectivity index (χ2v) is 7.08. The Bertz CT molecular complexity index is 1150. The van der Waals surface area contributed by atoms with Crippen LogP contribution in [0, 0.1) is 0 Å². The Hall–Kier alpha value is -3.33. The molecule has 0 bridgehead atoms. The summed E-state index contributed by atoms with van der Waals surface area (Å²) in [4.78, 5) is 29.5. The highest BCUT2D eigenvalue weighted by Gasteiger charge is 2.16. The number of methoxy groups -OCH3 is 3. The largest absolute Gasteiger partial charge is 0.493 e. The topological polar surface area (TPSA) is 88.4 Å². The summed E-state index contributed by atoms with van der Waals surface area (Å²) in [5.74, 6) is 0.615. The molecule has 1 heterocycles. The summed E-state index contributed by atoms with van der Waals surface area (Å²) in [7, 11) is 4.33. The lowest BCUT2D eigenvalue weighted by Crippen LogP contribution is -2.22. The van der Waals surface area contributed by atoms with Crippen LogP contribution in [0.25, 0.3) is 10.2 Å². The number of benzene rings is 2. The normalized spacial score (nSPS) is 11.4. The van der Waals surface area contributed by atoms with E-state index in [1.54, 1.807) is 22.8 Å². The maximum absolute atomic E-state index is 12.9. The van der Waals surface area contributed by atoms with E-state index in [2.05, 4.69) is 4.99 Å². The van der Waals surface area contributed by atoms with Crippen molar-refractivity contribution in [2.75, 3.05) is 27.9 Å². The standard InChI is InChI=1S/C21H22N2O6S/c1-5-29-15-7-6-8-17-19(15)23(12-18(24)28-4)21(30-17)22-20(25)13-9-10-14(26-2)16(11-13)27-3/h6-11H,5,12H2,1-4H3. The molecule has 1 aromatic heterocycles. The van der Waals surface area contributed by atoms with E-state index in [9.17, 15) is 9.59 Å². The van der Waals surface area contributed by atoms with Crippen LogP contribution in [0.3, 0.4) is 0 Å². The Morgan fingerprint density at radius 2 is 1.80 bits per heavy atom. The van der Waals surface area contributed by atoms with Crippen molar-refractivity contribution < 1.29 is 28.5 Å². The molecule has 0 aliphatic rings. The number of para-hydroxylation sites is 1. The minimum atomic E-state index is -0.473. The van der Waals surface area contributed by atoms with Gasteiger partial charge in [-0.25, -0.2) is 0 Å². The van der Waals surface area contributed by atoms with Crippen molar-refractivity contribution in [2.24, 2.45) is 4.99 Å². The van der Waals surface area contributed by atoms with Gasteiger partial charge >= 0.3 is 5.97 Å². The number of esters is 1. The Labute approximate surface area is 177 Å². The van der Waals surface area contributed by atoms with Crippen LogP contribution < -0.4 is 19.0 Å². The first-order chi connectivity index (χ1) is 14.5. The van der Waals surface area contributed by atoms with E-state index in [0.29, 0.717) is 39.7 Å². The molecule has 0 radical (unpaired) electrons. The van der Waals surface area contributed by atoms with Crippen LogP contribution in [-0.4, -0.2) is 44.4 Å². The summed E-state index contributed by atoms with van der Waals surface area (Å²) in [6.07, 6.45) is 0. The van der Waals surface area contributed by atoms with E-state index in [1.807, 2.05) is 25.1 Å². The Morgan fingerprint density at radius 3 is 2.47 bits per heavy atom. The fourth-order valence-corrected chi connectivity index (χ4v) is 3.96. The number of thiazole rings is 1. The number of rotatable bonds is 7. The third kappa shape index (κ3) is 4.30. The molecule has 0 spiro atoms. The molecule has 9 heteroatoms. The number of aromatic nitrogens is 1. The van der Waals surface area contributed by atoms with E-state index in [-0.39, 0.29) is 6.54 Å². The molecule has 8 nitrogen and oxygen atoms in total. The van der Waals surface area contributed by atoms with Crippen molar-refractivity contribution >= 4 is 33.4 Å². The molecule has 0 saturated heterocycles. The van der Waals surface area contributed by atoms with Crippen LogP contribution in [0.4, 0.5) is 0 Å². The van der Waals surface area contributed by atoms with Gasteiger partial charge in [-0.15, -0.1) is 0 Å². The number of hydrogen-bond acceptors (Lipinski definition) is 7. The van der Waals surface area contributed by atoms with Crippen molar-refractivity contribution in [3.63, 3.8) is 0 Å². The first kappa shape index (κ1) is 21.4. The third-order valence-corrected chi connectivity index (χ3v) is 5.35. The average molecular weight is 430 g/mol. The number of amides is 1. The van der Waals surface area contributed by atoms with Crippen LogP contribution >= 0.6 is 11.3 Å². The quantitative estimate of drug-likeness (QED) is 0.536. The van der Waals surface area contributed by atoms with E-state index >= 15 is 0 Å². The van der Waals surface area contributed by atoms with Crippen molar-refractivity contribution in [2.45, 2.75) is 13.5 Å². The van der Waals surface area contributed by atoms with E-state index in [4.69, 9.17) is 18.9 Å². The van der Waals surface area contributed by atoms with Gasteiger partial charge in [0.05, 0.1) is 32.6 Å². The first-order valence-corrected chi connectivity index (χ1v) is 9.97. The summed E-state index contributed by atoms with van der Waals surface area (Å²) >= 11 is 1.29. The smallest absolute Gasteiger partial charge is 0.325 e. The molecule has 3 rings (SSSR count). The maximum Gasteiger partial charge on any atom is 0.325 e. The summed E-state index contributed by atoms with van der Waals surface area (Å²) in [6, 6.07) is 10.4. The number of ether oxygens (including phenoxy) is 4. The van der Waals surface area contributed by atoms with Crippen molar-refractivity contribution in [1.29, 1.82) is 0 Å². The van der Waals surface area contributed by atoms with Crippen molar-refractivity contribution in [3.05, 3.63) is 46.8 Å². The molecule has 0 N–H and O–H groups in total. The molecule has 2 aromatic carbocycles. The van der Waals surface area contributed by atoms with E-state index < -0.39 is 11.9 Å². The first-order valence-electron chi connectivity index (χ1n) is 9.15. The second kappa shape index (κ2) is 9.45. The molecule has 158 valence electrons. The molecular formula is C21H22N2O6S. The van der Waals surface area contributed by atoms with E-state index in [0.717, 1.165) is 4.70 Å². The maximum atomic E-state index is 12.9. The van der Waals surface area contributed by atoms with Gasteiger partial charge in [-0.2, -0.15) is 4.99 Å².